The second-order valence-electron chi connectivity index (χ2n) is 2.04. The van der Waals surface area contributed by atoms with Gasteiger partial charge in [0.25, 0.3) is 0 Å². The molecule has 0 aliphatic carbocycles. The normalized spacial score (nSPS) is 33.3. The Hall–Kier alpha value is -0.700. The van der Waals surface area contributed by atoms with E-state index in [0.717, 1.165) is 0 Å². The van der Waals surface area contributed by atoms with Crippen LogP contribution in [0, 0.1) is 0 Å². The maximum atomic E-state index is 5.84. The summed E-state index contributed by atoms with van der Waals surface area (Å²) in [5.74, 6) is 0.395. The number of nitrogens with zero attached hydrogens (tertiary/aromatic N) is 1. The van der Waals surface area contributed by atoms with Crippen molar-refractivity contribution >= 4 is 17.4 Å². The zero-order chi connectivity index (χ0) is 6.91. The SMILES string of the molecule is CC1(Cl)C=CNN=C1N. The van der Waals surface area contributed by atoms with E-state index in [-0.39, 0.29) is 0 Å². The highest BCUT2D eigenvalue weighted by molar-refractivity contribution is 6.36. The summed E-state index contributed by atoms with van der Waals surface area (Å²) in [6, 6.07) is 0. The van der Waals surface area contributed by atoms with Gasteiger partial charge < -0.3 is 5.73 Å². The van der Waals surface area contributed by atoms with Crippen LogP contribution in [0.15, 0.2) is 17.4 Å². The highest BCUT2D eigenvalue weighted by Crippen LogP contribution is 2.17. The fourth-order valence-corrected chi connectivity index (χ4v) is 0.601. The second kappa shape index (κ2) is 1.92. The molecule has 0 spiro atoms. The third kappa shape index (κ3) is 1.16. The molecule has 50 valence electrons. The monoisotopic (exact) mass is 145 g/mol. The molecule has 0 radical (unpaired) electrons. The molecule has 1 rings (SSSR count). The van der Waals surface area contributed by atoms with Crippen LogP contribution in [0.3, 0.4) is 0 Å². The lowest BCUT2D eigenvalue weighted by atomic mass is 10.1. The molecule has 0 aromatic carbocycles. The van der Waals surface area contributed by atoms with Gasteiger partial charge in [-0.2, -0.15) is 5.10 Å². The molecule has 0 amide bonds. The molecule has 0 saturated carbocycles. The minimum absolute atomic E-state index is 0.395. The molecule has 0 aromatic heterocycles. The molecule has 1 heterocycles. The zero-order valence-electron chi connectivity index (χ0n) is 5.06. The number of nitrogens with two attached hydrogens (primary N) is 1. The Bertz CT molecular complexity index is 171. The fourth-order valence-electron chi connectivity index (χ4n) is 0.495. The van der Waals surface area contributed by atoms with Gasteiger partial charge in [-0.1, -0.05) is 0 Å². The lowest BCUT2D eigenvalue weighted by Crippen LogP contribution is -2.38. The van der Waals surface area contributed by atoms with E-state index in [1.165, 1.54) is 0 Å². The van der Waals surface area contributed by atoms with Crippen LogP contribution in [-0.4, -0.2) is 10.7 Å². The first-order valence-corrected chi connectivity index (χ1v) is 2.96. The van der Waals surface area contributed by atoms with Crippen LogP contribution in [0.25, 0.3) is 0 Å². The number of hydrogen-bond donors (Lipinski definition) is 2. The number of rotatable bonds is 0. The Balaban J connectivity index is 2.83. The Labute approximate surface area is 58.6 Å². The molecular formula is C5H8ClN3. The predicted octanol–water partition coefficient (Wildman–Crippen LogP) is 0.373. The maximum absolute atomic E-state index is 5.84. The summed E-state index contributed by atoms with van der Waals surface area (Å²) < 4.78 is 0. The van der Waals surface area contributed by atoms with E-state index in [1.807, 2.05) is 0 Å². The van der Waals surface area contributed by atoms with Crippen molar-refractivity contribution < 1.29 is 0 Å². The van der Waals surface area contributed by atoms with E-state index in [0.29, 0.717) is 5.84 Å². The smallest absolute Gasteiger partial charge is 0.144 e. The second-order valence-corrected chi connectivity index (χ2v) is 2.82. The fraction of sp³-hybridized carbons (Fsp3) is 0.400. The zero-order valence-corrected chi connectivity index (χ0v) is 5.81. The van der Waals surface area contributed by atoms with Crippen molar-refractivity contribution in [2.24, 2.45) is 10.8 Å². The lowest BCUT2D eigenvalue weighted by Gasteiger charge is -2.19. The van der Waals surface area contributed by atoms with Crippen LogP contribution in [0.1, 0.15) is 6.92 Å². The van der Waals surface area contributed by atoms with Crippen LogP contribution >= 0.6 is 11.6 Å². The van der Waals surface area contributed by atoms with Gasteiger partial charge in [0.15, 0.2) is 0 Å². The standard InChI is InChI=1S/C5H8ClN3/c1-5(6)2-3-8-9-4(5)7/h2-3,8H,1H3,(H2,7,9). The molecule has 0 fully saturated rings. The van der Waals surface area contributed by atoms with E-state index in [2.05, 4.69) is 10.5 Å². The van der Waals surface area contributed by atoms with Crippen molar-refractivity contribution in [2.45, 2.75) is 11.8 Å². The molecule has 1 unspecified atom stereocenters. The molecular weight excluding hydrogens is 138 g/mol. The molecule has 0 saturated heterocycles. The number of hydrazone groups is 1. The highest BCUT2D eigenvalue weighted by Gasteiger charge is 2.23. The van der Waals surface area contributed by atoms with Crippen molar-refractivity contribution in [1.29, 1.82) is 0 Å². The number of hydrogen-bond acceptors (Lipinski definition) is 3. The van der Waals surface area contributed by atoms with Gasteiger partial charge in [-0.05, 0) is 13.0 Å². The van der Waals surface area contributed by atoms with Gasteiger partial charge in [0.1, 0.15) is 10.7 Å². The Morgan fingerprint density at radius 1 is 1.89 bits per heavy atom. The minimum atomic E-state index is -0.606. The van der Waals surface area contributed by atoms with Gasteiger partial charge >= 0.3 is 0 Å². The van der Waals surface area contributed by atoms with Crippen LogP contribution in [0.5, 0.6) is 0 Å². The van der Waals surface area contributed by atoms with Gasteiger partial charge in [-0.3, -0.25) is 5.43 Å². The first-order chi connectivity index (χ1) is 4.13. The Morgan fingerprint density at radius 3 is 2.89 bits per heavy atom. The highest BCUT2D eigenvalue weighted by atomic mass is 35.5. The average molecular weight is 146 g/mol. The van der Waals surface area contributed by atoms with Crippen molar-refractivity contribution in [3.05, 3.63) is 12.3 Å². The van der Waals surface area contributed by atoms with Gasteiger partial charge in [-0.15, -0.1) is 11.6 Å². The van der Waals surface area contributed by atoms with Gasteiger partial charge in [0.05, 0.1) is 0 Å². The molecule has 0 aromatic rings. The first-order valence-electron chi connectivity index (χ1n) is 2.59. The summed E-state index contributed by atoms with van der Waals surface area (Å²) in [6.45, 7) is 1.78. The summed E-state index contributed by atoms with van der Waals surface area (Å²) in [7, 11) is 0. The topological polar surface area (TPSA) is 50.4 Å². The molecule has 4 heteroatoms. The molecule has 1 aliphatic rings. The first kappa shape index (κ1) is 6.42. The summed E-state index contributed by atoms with van der Waals surface area (Å²) in [5, 5.41) is 3.71. The lowest BCUT2D eigenvalue weighted by molar-refractivity contribution is 0.865. The van der Waals surface area contributed by atoms with Crippen LogP contribution in [-0.2, 0) is 0 Å². The predicted molar refractivity (Wildman–Crippen MR) is 38.2 cm³/mol. The van der Waals surface area contributed by atoms with Crippen molar-refractivity contribution in [3.8, 4) is 0 Å². The van der Waals surface area contributed by atoms with Crippen LogP contribution < -0.4 is 11.2 Å². The van der Waals surface area contributed by atoms with E-state index in [4.69, 9.17) is 17.3 Å². The quantitative estimate of drug-likeness (QED) is 0.484. The van der Waals surface area contributed by atoms with Crippen LogP contribution in [0.2, 0.25) is 0 Å². The van der Waals surface area contributed by atoms with Crippen molar-refractivity contribution in [2.75, 3.05) is 0 Å². The summed E-state index contributed by atoms with van der Waals surface area (Å²) in [5.41, 5.74) is 8.00. The van der Waals surface area contributed by atoms with Gasteiger partial charge in [0, 0.05) is 6.20 Å². The summed E-state index contributed by atoms with van der Waals surface area (Å²) in [6.07, 6.45) is 3.40. The van der Waals surface area contributed by atoms with Crippen molar-refractivity contribution in [1.82, 2.24) is 5.43 Å². The molecule has 1 atom stereocenters. The van der Waals surface area contributed by atoms with E-state index >= 15 is 0 Å². The summed E-state index contributed by atoms with van der Waals surface area (Å²) in [4.78, 5) is -0.606. The Morgan fingerprint density at radius 2 is 2.56 bits per heavy atom. The number of amidine groups is 1. The molecule has 9 heavy (non-hydrogen) atoms. The summed E-state index contributed by atoms with van der Waals surface area (Å²) >= 11 is 5.84. The molecule has 1 aliphatic heterocycles. The molecule has 3 N–H and O–H groups in total. The Kier molecular flexibility index (Phi) is 1.37. The molecule has 0 bridgehead atoms. The van der Waals surface area contributed by atoms with E-state index in [9.17, 15) is 0 Å². The minimum Gasteiger partial charge on any atom is -0.384 e. The maximum Gasteiger partial charge on any atom is 0.144 e. The van der Waals surface area contributed by atoms with E-state index in [1.54, 1.807) is 19.2 Å². The average Bonchev–Trinajstić information content (AvgIpc) is 1.77. The van der Waals surface area contributed by atoms with Crippen LogP contribution in [0.4, 0.5) is 0 Å². The number of alkyl halides is 1. The van der Waals surface area contributed by atoms with Gasteiger partial charge in [-0.25, -0.2) is 0 Å². The third-order valence-electron chi connectivity index (χ3n) is 1.16. The largest absolute Gasteiger partial charge is 0.384 e. The van der Waals surface area contributed by atoms with E-state index < -0.39 is 4.87 Å². The molecule has 3 nitrogen and oxygen atoms in total. The number of halogens is 1. The van der Waals surface area contributed by atoms with Crippen molar-refractivity contribution in [3.63, 3.8) is 0 Å². The third-order valence-corrected chi connectivity index (χ3v) is 1.48. The van der Waals surface area contributed by atoms with Gasteiger partial charge in [0.2, 0.25) is 0 Å². The number of nitrogens with one attached hydrogen (secondary N) is 1.